The first-order valence-corrected chi connectivity index (χ1v) is 11.8. The number of likely N-dealkylation sites (N-methyl/N-ethyl adjacent to an activating group) is 1. The van der Waals surface area contributed by atoms with Crippen molar-refractivity contribution in [3.63, 3.8) is 0 Å². The maximum Gasteiger partial charge on any atom is 0.419 e. The Morgan fingerprint density at radius 1 is 1.13 bits per heavy atom. The smallest absolute Gasteiger partial charge is 0.419 e. The molecule has 38 heavy (non-hydrogen) atoms. The van der Waals surface area contributed by atoms with Gasteiger partial charge < -0.3 is 9.64 Å². The van der Waals surface area contributed by atoms with Crippen LogP contribution in [-0.4, -0.2) is 48.9 Å². The zero-order valence-electron chi connectivity index (χ0n) is 21.1. The van der Waals surface area contributed by atoms with Gasteiger partial charge in [-0.2, -0.15) is 13.2 Å². The molecule has 1 saturated heterocycles. The van der Waals surface area contributed by atoms with Crippen LogP contribution in [0.15, 0.2) is 36.4 Å². The normalized spacial score (nSPS) is 19.2. The first-order chi connectivity index (χ1) is 17.7. The van der Waals surface area contributed by atoms with Crippen LogP contribution in [0.4, 0.5) is 33.7 Å². The Morgan fingerprint density at radius 3 is 2.45 bits per heavy atom. The number of carbonyl (C=O) groups is 4. The molecule has 1 unspecified atom stereocenters. The number of hydrogen-bond donors (Lipinski definition) is 0. The summed E-state index contributed by atoms with van der Waals surface area (Å²) in [5.41, 5.74) is -1.75. The van der Waals surface area contributed by atoms with E-state index in [4.69, 9.17) is 4.74 Å². The maximum atomic E-state index is 14.2. The highest BCUT2D eigenvalue weighted by Crippen LogP contribution is 2.43. The van der Waals surface area contributed by atoms with Crippen molar-refractivity contribution >= 4 is 35.2 Å². The van der Waals surface area contributed by atoms with Gasteiger partial charge in [-0.15, -0.1) is 0 Å². The second kappa shape index (κ2) is 9.41. The molecule has 8 nitrogen and oxygen atoms in total. The number of alkyl halides is 3. The molecule has 2 aliphatic rings. The molecule has 0 aromatic heterocycles. The van der Waals surface area contributed by atoms with Crippen LogP contribution in [0.25, 0.3) is 0 Å². The lowest BCUT2D eigenvalue weighted by atomic mass is 9.86. The Hall–Kier alpha value is -3.96. The van der Waals surface area contributed by atoms with E-state index in [9.17, 15) is 36.7 Å². The zero-order chi connectivity index (χ0) is 28.2. The summed E-state index contributed by atoms with van der Waals surface area (Å²) < 4.78 is 60.0. The lowest BCUT2D eigenvalue weighted by molar-refractivity contribution is -0.155. The van der Waals surface area contributed by atoms with Crippen LogP contribution in [0.3, 0.4) is 0 Å². The molecule has 0 aliphatic carbocycles. The van der Waals surface area contributed by atoms with Gasteiger partial charge in [0.05, 0.1) is 30.7 Å². The van der Waals surface area contributed by atoms with E-state index in [1.54, 1.807) is 33.0 Å². The summed E-state index contributed by atoms with van der Waals surface area (Å²) in [7, 11) is 1.61. The van der Waals surface area contributed by atoms with Crippen molar-refractivity contribution in [2.45, 2.75) is 38.9 Å². The number of urea groups is 1. The Morgan fingerprint density at radius 2 is 1.82 bits per heavy atom. The zero-order valence-corrected chi connectivity index (χ0v) is 21.1. The largest absolute Gasteiger partial charge is 0.465 e. The van der Waals surface area contributed by atoms with Gasteiger partial charge in [0.1, 0.15) is 5.82 Å². The van der Waals surface area contributed by atoms with Crippen LogP contribution in [0, 0.1) is 11.7 Å². The molecule has 0 N–H and O–H groups in total. The third-order valence-corrected chi connectivity index (χ3v) is 6.84. The Bertz CT molecular complexity index is 1340. The summed E-state index contributed by atoms with van der Waals surface area (Å²) >= 11 is 0. The summed E-state index contributed by atoms with van der Waals surface area (Å²) in [5.74, 6) is -5.27. The monoisotopic (exact) mass is 535 g/mol. The molecule has 2 aromatic rings. The van der Waals surface area contributed by atoms with Gasteiger partial charge in [-0.25, -0.2) is 9.18 Å². The number of hydrogen-bond acceptors (Lipinski definition) is 5. The standard InChI is InChI=1S/C26H25F4N3O5/c1-5-38-22(35)16-13-32(15-9-10-19-17(11-15)25(2,3)23(36)31(19)4)24(37)33(21(16)34)12-14-7-6-8-18(27)20(14)26(28,29)30/h6-11,16H,5,12-13H2,1-4H3. The van der Waals surface area contributed by atoms with E-state index in [0.29, 0.717) is 22.2 Å². The Balaban J connectivity index is 1.79. The van der Waals surface area contributed by atoms with Gasteiger partial charge >= 0.3 is 18.2 Å². The van der Waals surface area contributed by atoms with E-state index in [1.807, 2.05) is 0 Å². The Labute approximate surface area is 215 Å². The number of amides is 4. The number of nitrogens with zero attached hydrogens (tertiary/aromatic N) is 3. The minimum absolute atomic E-state index is 0.0693. The molecular formula is C26H25F4N3O5. The first kappa shape index (κ1) is 27.1. The quantitative estimate of drug-likeness (QED) is 0.325. The van der Waals surface area contributed by atoms with Crippen molar-refractivity contribution in [3.05, 3.63) is 58.9 Å². The summed E-state index contributed by atoms with van der Waals surface area (Å²) in [6.45, 7) is 3.52. The average molecular weight is 535 g/mol. The van der Waals surface area contributed by atoms with Crippen molar-refractivity contribution in [2.24, 2.45) is 5.92 Å². The van der Waals surface area contributed by atoms with Crippen LogP contribution in [0.2, 0.25) is 0 Å². The molecular weight excluding hydrogens is 510 g/mol. The predicted molar refractivity (Wildman–Crippen MR) is 128 cm³/mol. The number of ether oxygens (including phenoxy) is 1. The number of carbonyl (C=O) groups excluding carboxylic acids is 4. The molecule has 12 heteroatoms. The molecule has 0 saturated carbocycles. The van der Waals surface area contributed by atoms with Crippen molar-refractivity contribution in [3.8, 4) is 0 Å². The number of imide groups is 1. The molecule has 0 bridgehead atoms. The van der Waals surface area contributed by atoms with E-state index >= 15 is 0 Å². The summed E-state index contributed by atoms with van der Waals surface area (Å²) in [5, 5.41) is 0. The summed E-state index contributed by atoms with van der Waals surface area (Å²) in [6, 6.07) is 6.34. The summed E-state index contributed by atoms with van der Waals surface area (Å²) in [4.78, 5) is 55.1. The molecule has 1 atom stereocenters. The molecule has 0 radical (unpaired) electrons. The Kier molecular flexibility index (Phi) is 6.71. The van der Waals surface area contributed by atoms with E-state index in [-0.39, 0.29) is 18.2 Å². The van der Waals surface area contributed by atoms with Gasteiger partial charge in [-0.1, -0.05) is 12.1 Å². The molecule has 202 valence electrons. The molecule has 1 fully saturated rings. The van der Waals surface area contributed by atoms with Gasteiger partial charge in [0.15, 0.2) is 5.92 Å². The first-order valence-electron chi connectivity index (χ1n) is 11.8. The minimum atomic E-state index is -5.09. The third kappa shape index (κ3) is 4.37. The topological polar surface area (TPSA) is 87.2 Å². The minimum Gasteiger partial charge on any atom is -0.465 e. The lowest BCUT2D eigenvalue weighted by Crippen LogP contribution is -2.58. The van der Waals surface area contributed by atoms with Crippen molar-refractivity contribution < 1.29 is 41.5 Å². The van der Waals surface area contributed by atoms with E-state index in [2.05, 4.69) is 0 Å². The van der Waals surface area contributed by atoms with Gasteiger partial charge in [0.25, 0.3) is 0 Å². The fourth-order valence-corrected chi connectivity index (χ4v) is 4.86. The van der Waals surface area contributed by atoms with Crippen molar-refractivity contribution in [1.29, 1.82) is 0 Å². The highest BCUT2D eigenvalue weighted by Gasteiger charge is 2.47. The average Bonchev–Trinajstić information content (AvgIpc) is 3.00. The van der Waals surface area contributed by atoms with Crippen molar-refractivity contribution in [1.82, 2.24) is 4.90 Å². The van der Waals surface area contributed by atoms with Crippen molar-refractivity contribution in [2.75, 3.05) is 30.0 Å². The van der Waals surface area contributed by atoms with Gasteiger partial charge in [0, 0.05) is 18.4 Å². The van der Waals surface area contributed by atoms with Gasteiger partial charge in [-0.05, 0) is 56.2 Å². The van der Waals surface area contributed by atoms with Gasteiger partial charge in [0.2, 0.25) is 11.8 Å². The van der Waals surface area contributed by atoms with E-state index < -0.39 is 65.5 Å². The molecule has 0 spiro atoms. The molecule has 2 aliphatic heterocycles. The van der Waals surface area contributed by atoms with Gasteiger partial charge in [-0.3, -0.25) is 24.2 Å². The number of anilines is 2. The second-order valence-electron chi connectivity index (χ2n) is 9.58. The summed E-state index contributed by atoms with van der Waals surface area (Å²) in [6.07, 6.45) is -5.09. The third-order valence-electron chi connectivity index (χ3n) is 6.84. The van der Waals surface area contributed by atoms with Crippen LogP contribution >= 0.6 is 0 Å². The fraction of sp³-hybridized carbons (Fsp3) is 0.385. The molecule has 2 heterocycles. The number of fused-ring (bicyclic) bond motifs is 1. The molecule has 4 rings (SSSR count). The predicted octanol–water partition coefficient (Wildman–Crippen LogP) is 4.25. The highest BCUT2D eigenvalue weighted by atomic mass is 19.4. The lowest BCUT2D eigenvalue weighted by Gasteiger charge is -2.38. The number of esters is 1. The van der Waals surface area contributed by atoms with E-state index in [1.165, 1.54) is 17.9 Å². The highest BCUT2D eigenvalue weighted by molar-refractivity contribution is 6.13. The van der Waals surface area contributed by atoms with Crippen LogP contribution < -0.4 is 9.80 Å². The SMILES string of the molecule is CCOC(=O)C1CN(c2ccc3c(c2)C(C)(C)C(=O)N3C)C(=O)N(Cc2cccc(F)c2C(F)(F)F)C1=O. The maximum absolute atomic E-state index is 14.2. The van der Waals surface area contributed by atoms with Crippen LogP contribution in [0.5, 0.6) is 0 Å². The number of halogens is 4. The van der Waals surface area contributed by atoms with Crippen LogP contribution in [-0.2, 0) is 37.3 Å². The molecule has 4 amide bonds. The van der Waals surface area contributed by atoms with E-state index in [0.717, 1.165) is 17.0 Å². The second-order valence-corrected chi connectivity index (χ2v) is 9.58. The van der Waals surface area contributed by atoms with Crippen LogP contribution in [0.1, 0.15) is 37.5 Å². The number of rotatable bonds is 5. The molecule has 2 aromatic carbocycles. The fourth-order valence-electron chi connectivity index (χ4n) is 4.86. The number of benzene rings is 2.